The lowest BCUT2D eigenvalue weighted by Gasteiger charge is -2.49. The first-order chi connectivity index (χ1) is 9.39. The molecule has 0 aromatic rings. The maximum Gasteiger partial charge on any atom is 0.0334 e. The molecule has 0 radical (unpaired) electrons. The van der Waals surface area contributed by atoms with Gasteiger partial charge in [-0.15, -0.1) is 0 Å². The Kier molecular flexibility index (Phi) is 5.10. The zero-order chi connectivity index (χ0) is 13.0. The molecule has 1 unspecified atom stereocenters. The Morgan fingerprint density at radius 1 is 1.00 bits per heavy atom. The first-order valence-corrected chi connectivity index (χ1v) is 9.61. The van der Waals surface area contributed by atoms with Crippen LogP contribution in [0.4, 0.5) is 0 Å². The van der Waals surface area contributed by atoms with E-state index < -0.39 is 0 Å². The third kappa shape index (κ3) is 3.48. The van der Waals surface area contributed by atoms with Crippen LogP contribution in [-0.4, -0.2) is 47.6 Å². The van der Waals surface area contributed by atoms with E-state index in [0.29, 0.717) is 5.54 Å². The van der Waals surface area contributed by atoms with Crippen LogP contribution in [-0.2, 0) is 0 Å². The Morgan fingerprint density at radius 2 is 1.74 bits per heavy atom. The molecule has 2 nitrogen and oxygen atoms in total. The van der Waals surface area contributed by atoms with Gasteiger partial charge in [0.1, 0.15) is 0 Å². The van der Waals surface area contributed by atoms with Crippen molar-refractivity contribution in [1.29, 1.82) is 0 Å². The number of nitrogens with one attached hydrogen (secondary N) is 1. The van der Waals surface area contributed by atoms with E-state index in [1.807, 2.05) is 0 Å². The van der Waals surface area contributed by atoms with E-state index in [0.717, 1.165) is 6.04 Å². The normalized spacial score (nSPS) is 32.5. The second-order valence-electron chi connectivity index (χ2n) is 6.77. The summed E-state index contributed by atoms with van der Waals surface area (Å²) in [6.45, 7) is 3.99. The van der Waals surface area contributed by atoms with Crippen molar-refractivity contribution < 1.29 is 0 Å². The maximum absolute atomic E-state index is 3.93. The van der Waals surface area contributed by atoms with Gasteiger partial charge in [0.2, 0.25) is 0 Å². The van der Waals surface area contributed by atoms with E-state index in [2.05, 4.69) is 22.0 Å². The molecule has 0 spiro atoms. The van der Waals surface area contributed by atoms with Gasteiger partial charge in [-0.3, -0.25) is 4.90 Å². The number of piperidine rings is 1. The first kappa shape index (κ1) is 14.2. The number of likely N-dealkylation sites (tertiary alicyclic amines) is 1. The molecule has 2 saturated heterocycles. The van der Waals surface area contributed by atoms with Gasteiger partial charge in [-0.25, -0.2) is 0 Å². The Morgan fingerprint density at radius 3 is 2.42 bits per heavy atom. The van der Waals surface area contributed by atoms with Gasteiger partial charge in [-0.2, -0.15) is 11.8 Å². The number of rotatable bonds is 4. The molecule has 2 aliphatic heterocycles. The number of hydrogen-bond donors (Lipinski definition) is 1. The van der Waals surface area contributed by atoms with E-state index in [1.54, 1.807) is 0 Å². The van der Waals surface area contributed by atoms with Crippen molar-refractivity contribution in [3.05, 3.63) is 0 Å². The number of hydrogen-bond acceptors (Lipinski definition) is 3. The number of thioether (sulfide) groups is 1. The summed E-state index contributed by atoms with van der Waals surface area (Å²) in [5, 5.41) is 3.93. The molecular formula is C16H30N2S. The van der Waals surface area contributed by atoms with Crippen molar-refractivity contribution in [1.82, 2.24) is 10.2 Å². The Hall–Kier alpha value is 0.270. The lowest BCUT2D eigenvalue weighted by Crippen LogP contribution is -2.58. The topological polar surface area (TPSA) is 15.3 Å². The highest BCUT2D eigenvalue weighted by Crippen LogP contribution is 2.35. The van der Waals surface area contributed by atoms with Crippen LogP contribution in [0, 0.1) is 0 Å². The Labute approximate surface area is 123 Å². The number of nitrogens with zero attached hydrogens (tertiary/aromatic N) is 1. The molecule has 3 aliphatic rings. The van der Waals surface area contributed by atoms with Crippen molar-refractivity contribution >= 4 is 11.8 Å². The van der Waals surface area contributed by atoms with Gasteiger partial charge in [0.25, 0.3) is 0 Å². The van der Waals surface area contributed by atoms with Crippen LogP contribution < -0.4 is 5.32 Å². The van der Waals surface area contributed by atoms with Crippen molar-refractivity contribution in [3.63, 3.8) is 0 Å². The minimum absolute atomic E-state index is 0.520. The molecule has 19 heavy (non-hydrogen) atoms. The highest BCUT2D eigenvalue weighted by atomic mass is 32.2. The molecule has 3 fully saturated rings. The molecular weight excluding hydrogens is 252 g/mol. The fourth-order valence-corrected chi connectivity index (χ4v) is 5.40. The highest BCUT2D eigenvalue weighted by Gasteiger charge is 2.38. The van der Waals surface area contributed by atoms with Gasteiger partial charge in [-0.05, 0) is 50.9 Å². The minimum atomic E-state index is 0.520. The molecule has 1 saturated carbocycles. The third-order valence-electron chi connectivity index (χ3n) is 5.46. The summed E-state index contributed by atoms with van der Waals surface area (Å²) in [4.78, 5) is 2.87. The largest absolute Gasteiger partial charge is 0.311 e. The Balaban J connectivity index is 1.61. The standard InChI is InChI=1S/C16H30N2S/c1-3-8-16(9-4-1,18-10-5-2-6-11-18)14-17-15-7-12-19-13-15/h15,17H,1-14H2. The van der Waals surface area contributed by atoms with Gasteiger partial charge in [0, 0.05) is 23.9 Å². The van der Waals surface area contributed by atoms with E-state index in [9.17, 15) is 0 Å². The minimum Gasteiger partial charge on any atom is -0.311 e. The molecule has 1 aliphatic carbocycles. The van der Waals surface area contributed by atoms with Crippen molar-refractivity contribution in [2.45, 2.75) is 69.4 Å². The monoisotopic (exact) mass is 282 g/mol. The summed E-state index contributed by atoms with van der Waals surface area (Å²) in [6.07, 6.45) is 13.0. The summed E-state index contributed by atoms with van der Waals surface area (Å²) in [5.74, 6) is 2.71. The Bertz CT molecular complexity index is 264. The first-order valence-electron chi connectivity index (χ1n) is 8.45. The van der Waals surface area contributed by atoms with Crippen LogP contribution in [0.2, 0.25) is 0 Å². The predicted molar refractivity (Wildman–Crippen MR) is 85.0 cm³/mol. The molecule has 1 atom stereocenters. The van der Waals surface area contributed by atoms with E-state index in [1.165, 1.54) is 88.9 Å². The zero-order valence-electron chi connectivity index (χ0n) is 12.3. The van der Waals surface area contributed by atoms with Gasteiger partial charge in [-0.1, -0.05) is 25.7 Å². The molecule has 0 aromatic heterocycles. The lowest BCUT2D eigenvalue weighted by atomic mass is 9.79. The van der Waals surface area contributed by atoms with E-state index >= 15 is 0 Å². The molecule has 0 bridgehead atoms. The third-order valence-corrected chi connectivity index (χ3v) is 6.62. The van der Waals surface area contributed by atoms with Crippen molar-refractivity contribution in [2.24, 2.45) is 0 Å². The fourth-order valence-electron chi connectivity index (χ4n) is 4.21. The summed E-state index contributed by atoms with van der Waals surface area (Å²) < 4.78 is 0. The quantitative estimate of drug-likeness (QED) is 0.852. The predicted octanol–water partition coefficient (Wildman–Crippen LogP) is 3.27. The lowest BCUT2D eigenvalue weighted by molar-refractivity contribution is 0.0319. The van der Waals surface area contributed by atoms with Crippen LogP contribution in [0.25, 0.3) is 0 Å². The summed E-state index contributed by atoms with van der Waals surface area (Å²) in [7, 11) is 0. The molecule has 3 rings (SSSR count). The second kappa shape index (κ2) is 6.82. The summed E-state index contributed by atoms with van der Waals surface area (Å²) in [6, 6.07) is 0.800. The summed E-state index contributed by atoms with van der Waals surface area (Å²) >= 11 is 2.13. The van der Waals surface area contributed by atoms with Crippen molar-refractivity contribution in [3.8, 4) is 0 Å². The average Bonchev–Trinajstić information content (AvgIpc) is 3.01. The molecule has 0 amide bonds. The summed E-state index contributed by atoms with van der Waals surface area (Å²) in [5.41, 5.74) is 0.520. The average molecular weight is 282 g/mol. The van der Waals surface area contributed by atoms with Gasteiger partial charge >= 0.3 is 0 Å². The van der Waals surface area contributed by atoms with Crippen LogP contribution in [0.1, 0.15) is 57.8 Å². The molecule has 2 heterocycles. The van der Waals surface area contributed by atoms with Crippen LogP contribution in [0.5, 0.6) is 0 Å². The van der Waals surface area contributed by atoms with Crippen LogP contribution in [0.3, 0.4) is 0 Å². The second-order valence-corrected chi connectivity index (χ2v) is 7.92. The van der Waals surface area contributed by atoms with Crippen molar-refractivity contribution in [2.75, 3.05) is 31.1 Å². The van der Waals surface area contributed by atoms with E-state index in [-0.39, 0.29) is 0 Å². The zero-order valence-corrected chi connectivity index (χ0v) is 13.1. The molecule has 110 valence electrons. The molecule has 1 N–H and O–H groups in total. The van der Waals surface area contributed by atoms with Gasteiger partial charge in [0.05, 0.1) is 0 Å². The van der Waals surface area contributed by atoms with Gasteiger partial charge in [0.15, 0.2) is 0 Å². The van der Waals surface area contributed by atoms with E-state index in [4.69, 9.17) is 0 Å². The van der Waals surface area contributed by atoms with Crippen LogP contribution in [0.15, 0.2) is 0 Å². The fraction of sp³-hybridized carbons (Fsp3) is 1.00. The highest BCUT2D eigenvalue weighted by molar-refractivity contribution is 7.99. The molecule has 0 aromatic carbocycles. The molecule has 3 heteroatoms. The SMILES string of the molecule is C1CCN(C2(CNC3CCSC3)CCCCC2)CC1. The van der Waals surface area contributed by atoms with Crippen LogP contribution >= 0.6 is 11.8 Å². The smallest absolute Gasteiger partial charge is 0.0334 e. The van der Waals surface area contributed by atoms with Gasteiger partial charge < -0.3 is 5.32 Å². The maximum atomic E-state index is 3.93.